The van der Waals surface area contributed by atoms with E-state index in [4.69, 9.17) is 9.84 Å². The predicted octanol–water partition coefficient (Wildman–Crippen LogP) is 2.10. The molecular weight excluding hydrogens is 386 g/mol. The van der Waals surface area contributed by atoms with Crippen LogP contribution < -0.4 is 5.32 Å². The van der Waals surface area contributed by atoms with E-state index in [2.05, 4.69) is 42.8 Å². The SMILES string of the molecule is Cn1nnnc1C(=NC#CCCOCc1cccc(NC(=O)O)n1)c1ccccc1. The third-order valence-electron chi connectivity index (χ3n) is 3.79. The van der Waals surface area contributed by atoms with Crippen LogP contribution in [-0.4, -0.2) is 48.7 Å². The number of aryl methyl sites for hydroxylation is 1. The zero-order valence-electron chi connectivity index (χ0n) is 16.2. The molecule has 10 heteroatoms. The van der Waals surface area contributed by atoms with Crippen LogP contribution in [0.3, 0.4) is 0 Å². The first-order chi connectivity index (χ1) is 14.6. The molecule has 1 aromatic carbocycles. The molecule has 2 N–H and O–H groups in total. The number of carbonyl (C=O) groups is 1. The number of tetrazole rings is 1. The molecule has 152 valence electrons. The number of hydrogen-bond acceptors (Lipinski definition) is 7. The van der Waals surface area contributed by atoms with Gasteiger partial charge in [0.2, 0.25) is 5.82 Å². The first kappa shape index (κ1) is 20.6. The van der Waals surface area contributed by atoms with Gasteiger partial charge in [-0.2, -0.15) is 4.99 Å². The zero-order valence-corrected chi connectivity index (χ0v) is 16.2. The predicted molar refractivity (Wildman–Crippen MR) is 109 cm³/mol. The summed E-state index contributed by atoms with van der Waals surface area (Å²) in [6.45, 7) is 0.632. The summed E-state index contributed by atoms with van der Waals surface area (Å²) in [5.74, 6) is 3.72. The Kier molecular flexibility index (Phi) is 7.18. The number of benzene rings is 1. The molecule has 3 aromatic rings. The van der Waals surface area contributed by atoms with E-state index in [1.807, 2.05) is 30.3 Å². The molecule has 0 aliphatic heterocycles. The molecule has 1 amide bonds. The number of aliphatic imine (C=N–C) groups is 1. The lowest BCUT2D eigenvalue weighted by atomic mass is 10.1. The van der Waals surface area contributed by atoms with Crippen LogP contribution in [0.2, 0.25) is 0 Å². The van der Waals surface area contributed by atoms with Crippen molar-refractivity contribution in [1.29, 1.82) is 0 Å². The van der Waals surface area contributed by atoms with Gasteiger partial charge in [0.25, 0.3) is 0 Å². The van der Waals surface area contributed by atoms with Crippen molar-refractivity contribution >= 4 is 17.6 Å². The lowest BCUT2D eigenvalue weighted by molar-refractivity contribution is 0.124. The average Bonchev–Trinajstić information content (AvgIpc) is 3.16. The van der Waals surface area contributed by atoms with Crippen molar-refractivity contribution in [2.75, 3.05) is 11.9 Å². The summed E-state index contributed by atoms with van der Waals surface area (Å²) in [5.41, 5.74) is 2.07. The van der Waals surface area contributed by atoms with Crippen LogP contribution >= 0.6 is 0 Å². The van der Waals surface area contributed by atoms with Crippen molar-refractivity contribution in [3.8, 4) is 12.0 Å². The van der Waals surface area contributed by atoms with E-state index in [9.17, 15) is 4.79 Å². The summed E-state index contributed by atoms with van der Waals surface area (Å²) >= 11 is 0. The van der Waals surface area contributed by atoms with E-state index in [-0.39, 0.29) is 12.4 Å². The maximum absolute atomic E-state index is 10.7. The highest BCUT2D eigenvalue weighted by atomic mass is 16.5. The third-order valence-corrected chi connectivity index (χ3v) is 3.79. The molecule has 0 radical (unpaired) electrons. The molecule has 2 aromatic heterocycles. The number of amides is 1. The van der Waals surface area contributed by atoms with Crippen molar-refractivity contribution in [2.45, 2.75) is 13.0 Å². The summed E-state index contributed by atoms with van der Waals surface area (Å²) < 4.78 is 7.08. The summed E-state index contributed by atoms with van der Waals surface area (Å²) in [5, 5.41) is 22.4. The van der Waals surface area contributed by atoms with Gasteiger partial charge in [-0.25, -0.2) is 14.5 Å². The molecule has 10 nitrogen and oxygen atoms in total. The minimum Gasteiger partial charge on any atom is -0.465 e. The first-order valence-corrected chi connectivity index (χ1v) is 9.01. The number of anilines is 1. The summed E-state index contributed by atoms with van der Waals surface area (Å²) in [6, 6.07) is 17.4. The van der Waals surface area contributed by atoms with Gasteiger partial charge in [-0.1, -0.05) is 42.3 Å². The molecule has 0 spiro atoms. The number of rotatable bonds is 7. The van der Waals surface area contributed by atoms with Crippen molar-refractivity contribution in [3.63, 3.8) is 0 Å². The normalized spacial score (nSPS) is 10.9. The fraction of sp³-hybridized carbons (Fsp3) is 0.200. The van der Waals surface area contributed by atoms with Crippen LogP contribution in [0.25, 0.3) is 0 Å². The summed E-state index contributed by atoms with van der Waals surface area (Å²) in [6.07, 6.45) is -0.696. The molecule has 0 bridgehead atoms. The van der Waals surface area contributed by atoms with Gasteiger partial charge in [0, 0.05) is 25.1 Å². The first-order valence-electron chi connectivity index (χ1n) is 9.01. The van der Waals surface area contributed by atoms with E-state index in [1.54, 1.807) is 25.2 Å². The Morgan fingerprint density at radius 2 is 2.07 bits per heavy atom. The molecular formula is C20H19N7O3. The Hall–Kier alpha value is -4.10. The van der Waals surface area contributed by atoms with Gasteiger partial charge in [-0.15, -0.1) is 5.10 Å². The Morgan fingerprint density at radius 3 is 2.80 bits per heavy atom. The Morgan fingerprint density at radius 1 is 1.23 bits per heavy atom. The number of carboxylic acid groups (broad SMARTS) is 1. The van der Waals surface area contributed by atoms with E-state index >= 15 is 0 Å². The molecule has 0 aliphatic rings. The second-order valence-corrected chi connectivity index (χ2v) is 5.99. The van der Waals surface area contributed by atoms with Gasteiger partial charge >= 0.3 is 6.09 Å². The molecule has 0 saturated carbocycles. The smallest absolute Gasteiger partial charge is 0.410 e. The quantitative estimate of drug-likeness (QED) is 0.350. The summed E-state index contributed by atoms with van der Waals surface area (Å²) in [4.78, 5) is 19.1. The number of pyridine rings is 1. The second kappa shape index (κ2) is 10.4. The van der Waals surface area contributed by atoms with E-state index in [1.165, 1.54) is 4.68 Å². The largest absolute Gasteiger partial charge is 0.465 e. The average molecular weight is 405 g/mol. The van der Waals surface area contributed by atoms with Gasteiger partial charge in [0.15, 0.2) is 0 Å². The number of ether oxygens (including phenoxy) is 1. The van der Waals surface area contributed by atoms with Crippen molar-refractivity contribution in [2.24, 2.45) is 12.0 Å². The van der Waals surface area contributed by atoms with Crippen LogP contribution in [0.1, 0.15) is 23.5 Å². The lowest BCUT2D eigenvalue weighted by Crippen LogP contribution is -2.11. The minimum atomic E-state index is -1.16. The van der Waals surface area contributed by atoms with Crippen molar-refractivity contribution in [3.05, 3.63) is 65.6 Å². The monoisotopic (exact) mass is 405 g/mol. The molecule has 30 heavy (non-hydrogen) atoms. The van der Waals surface area contributed by atoms with Crippen LogP contribution in [0.15, 0.2) is 53.5 Å². The van der Waals surface area contributed by atoms with Crippen LogP contribution in [0.4, 0.5) is 10.6 Å². The Balaban J connectivity index is 1.56. The van der Waals surface area contributed by atoms with E-state index < -0.39 is 6.09 Å². The number of hydrogen-bond donors (Lipinski definition) is 2. The molecule has 2 heterocycles. The fourth-order valence-electron chi connectivity index (χ4n) is 2.46. The number of aromatic nitrogens is 5. The van der Waals surface area contributed by atoms with Crippen molar-refractivity contribution in [1.82, 2.24) is 25.2 Å². The maximum Gasteiger partial charge on any atom is 0.410 e. The van der Waals surface area contributed by atoms with Gasteiger partial charge in [-0.3, -0.25) is 5.32 Å². The highest BCUT2D eigenvalue weighted by molar-refractivity contribution is 6.11. The van der Waals surface area contributed by atoms with E-state index in [0.29, 0.717) is 30.3 Å². The van der Waals surface area contributed by atoms with Gasteiger partial charge < -0.3 is 9.84 Å². The minimum absolute atomic E-state index is 0.250. The standard InChI is InChI=1S/C20H19N7O3/c1-27-19(24-25-26-27)18(15-8-3-2-4-9-15)21-12-5-6-13-30-14-16-10-7-11-17(22-16)23-20(28)29/h2-4,7-11H,6,13-14H2,1H3,(H,22,23)(H,28,29). The lowest BCUT2D eigenvalue weighted by Gasteiger charge is -2.04. The molecule has 0 fully saturated rings. The van der Waals surface area contributed by atoms with Gasteiger partial charge in [0.1, 0.15) is 11.5 Å². The summed E-state index contributed by atoms with van der Waals surface area (Å²) in [7, 11) is 1.74. The van der Waals surface area contributed by atoms with Crippen LogP contribution in [0.5, 0.6) is 0 Å². The Bertz CT molecular complexity index is 1080. The Labute approximate surface area is 172 Å². The van der Waals surface area contributed by atoms with Gasteiger partial charge in [-0.05, 0) is 22.6 Å². The van der Waals surface area contributed by atoms with Crippen LogP contribution in [-0.2, 0) is 18.4 Å². The van der Waals surface area contributed by atoms with Crippen LogP contribution in [0, 0.1) is 12.0 Å². The van der Waals surface area contributed by atoms with E-state index in [0.717, 1.165) is 5.56 Å². The highest BCUT2D eigenvalue weighted by Crippen LogP contribution is 2.08. The topological polar surface area (TPSA) is 127 Å². The molecule has 0 saturated heterocycles. The molecule has 0 unspecified atom stereocenters. The zero-order chi connectivity index (χ0) is 21.2. The van der Waals surface area contributed by atoms with Crippen molar-refractivity contribution < 1.29 is 14.6 Å². The molecule has 0 aliphatic carbocycles. The number of nitrogens with one attached hydrogen (secondary N) is 1. The maximum atomic E-state index is 10.7. The second-order valence-electron chi connectivity index (χ2n) is 5.99. The third kappa shape index (κ3) is 5.95. The highest BCUT2D eigenvalue weighted by Gasteiger charge is 2.13. The molecule has 0 atom stereocenters. The molecule has 3 rings (SSSR count). The fourth-order valence-corrected chi connectivity index (χ4v) is 2.46. The van der Waals surface area contributed by atoms with Gasteiger partial charge in [0.05, 0.1) is 18.9 Å². The number of nitrogens with zero attached hydrogens (tertiary/aromatic N) is 6.